The van der Waals surface area contributed by atoms with Gasteiger partial charge >= 0.3 is 0 Å². The van der Waals surface area contributed by atoms with Crippen LogP contribution in [0.5, 0.6) is 0 Å². The Balaban J connectivity index is 1.37. The summed E-state index contributed by atoms with van der Waals surface area (Å²) in [6.07, 6.45) is 5.87. The molecule has 4 heterocycles. The number of carbonyl (C=O) groups is 1. The monoisotopic (exact) mass is 443 g/mol. The largest absolute Gasteiger partial charge is 0.336 e. The second-order valence-corrected chi connectivity index (χ2v) is 8.64. The van der Waals surface area contributed by atoms with Crippen molar-refractivity contribution in [2.45, 2.75) is 26.9 Å². The van der Waals surface area contributed by atoms with Crippen LogP contribution in [0, 0.1) is 6.92 Å². The highest BCUT2D eigenvalue weighted by atomic mass is 16.2. The third kappa shape index (κ3) is 4.26. The fraction of sp³-hybridized carbons (Fsp3) is 0.360. The molecule has 1 fully saturated rings. The van der Waals surface area contributed by atoms with Gasteiger partial charge < -0.3 is 4.90 Å². The molecule has 170 valence electrons. The van der Waals surface area contributed by atoms with Crippen LogP contribution in [0.2, 0.25) is 0 Å². The van der Waals surface area contributed by atoms with E-state index in [1.807, 2.05) is 71.0 Å². The van der Waals surface area contributed by atoms with Crippen LogP contribution in [0.4, 0.5) is 0 Å². The number of piperazine rings is 1. The molecule has 0 bridgehead atoms. The highest BCUT2D eigenvalue weighted by Crippen LogP contribution is 2.26. The number of para-hydroxylation sites is 1. The predicted octanol–water partition coefficient (Wildman–Crippen LogP) is 3.12. The lowest BCUT2D eigenvalue weighted by Gasteiger charge is -2.35. The molecular formula is C25H29N7O. The maximum Gasteiger partial charge on any atom is 0.254 e. The van der Waals surface area contributed by atoms with E-state index in [1.165, 1.54) is 5.56 Å². The Labute approximate surface area is 193 Å². The summed E-state index contributed by atoms with van der Waals surface area (Å²) in [6.45, 7) is 8.86. The molecule has 8 heteroatoms. The zero-order valence-electron chi connectivity index (χ0n) is 19.4. The quantitative estimate of drug-likeness (QED) is 0.474. The number of pyridine rings is 1. The third-order valence-electron chi connectivity index (χ3n) is 6.37. The van der Waals surface area contributed by atoms with Gasteiger partial charge in [-0.2, -0.15) is 10.2 Å². The van der Waals surface area contributed by atoms with E-state index in [9.17, 15) is 4.79 Å². The van der Waals surface area contributed by atoms with Gasteiger partial charge in [-0.25, -0.2) is 4.98 Å². The molecule has 3 aromatic heterocycles. The summed E-state index contributed by atoms with van der Waals surface area (Å²) in [5.74, 6) is 0.0648. The highest BCUT2D eigenvalue weighted by molar-refractivity contribution is 6.07. The average Bonchev–Trinajstić information content (AvgIpc) is 3.44. The van der Waals surface area contributed by atoms with E-state index >= 15 is 0 Å². The van der Waals surface area contributed by atoms with Crippen LogP contribution < -0.4 is 0 Å². The van der Waals surface area contributed by atoms with E-state index in [1.54, 1.807) is 0 Å². The fourth-order valence-corrected chi connectivity index (χ4v) is 4.49. The number of carbonyl (C=O) groups excluding carboxylic acids is 1. The van der Waals surface area contributed by atoms with Crippen LogP contribution in [0.3, 0.4) is 0 Å². The van der Waals surface area contributed by atoms with E-state index in [-0.39, 0.29) is 5.91 Å². The first-order valence-corrected chi connectivity index (χ1v) is 11.4. The van der Waals surface area contributed by atoms with E-state index in [0.717, 1.165) is 54.0 Å². The molecule has 0 unspecified atom stereocenters. The van der Waals surface area contributed by atoms with Gasteiger partial charge in [0.2, 0.25) is 0 Å². The molecule has 8 nitrogen and oxygen atoms in total. The Morgan fingerprint density at radius 1 is 1.09 bits per heavy atom. The van der Waals surface area contributed by atoms with Crippen molar-refractivity contribution in [3.63, 3.8) is 0 Å². The minimum absolute atomic E-state index is 0.0648. The number of hydrogen-bond acceptors (Lipinski definition) is 5. The summed E-state index contributed by atoms with van der Waals surface area (Å²) in [6, 6.07) is 9.79. The lowest BCUT2D eigenvalue weighted by molar-refractivity contribution is 0.0630. The standard InChI is InChI=1S/C25H29N7O/c1-4-32-17-19(14-26-32)24-13-22(21-7-5-6-8-23(21)27-24)25(33)31-11-9-30(10-12-31)16-20-15-29(3)28-18(20)2/h5-8,13-15,17H,4,9-12,16H2,1-3H3. The number of amides is 1. The minimum Gasteiger partial charge on any atom is -0.336 e. The number of rotatable bonds is 5. The molecule has 0 radical (unpaired) electrons. The molecule has 0 aliphatic carbocycles. The maximum atomic E-state index is 13.6. The number of aryl methyl sites for hydroxylation is 3. The van der Waals surface area contributed by atoms with Crippen molar-refractivity contribution >= 4 is 16.8 Å². The summed E-state index contributed by atoms with van der Waals surface area (Å²) < 4.78 is 3.73. The molecule has 0 spiro atoms. The summed E-state index contributed by atoms with van der Waals surface area (Å²) in [7, 11) is 1.95. The van der Waals surface area contributed by atoms with E-state index < -0.39 is 0 Å². The van der Waals surface area contributed by atoms with Gasteiger partial charge in [-0.1, -0.05) is 18.2 Å². The second-order valence-electron chi connectivity index (χ2n) is 8.64. The lowest BCUT2D eigenvalue weighted by atomic mass is 10.0. The Hall–Kier alpha value is -3.52. The Kier molecular flexibility index (Phi) is 5.68. The van der Waals surface area contributed by atoms with Gasteiger partial charge in [0.25, 0.3) is 5.91 Å². The zero-order chi connectivity index (χ0) is 22.9. The Morgan fingerprint density at radius 2 is 1.88 bits per heavy atom. The average molecular weight is 444 g/mol. The molecule has 1 aromatic carbocycles. The first-order chi connectivity index (χ1) is 16.0. The van der Waals surface area contributed by atoms with Crippen molar-refractivity contribution in [1.29, 1.82) is 0 Å². The van der Waals surface area contributed by atoms with Gasteiger partial charge in [0.05, 0.1) is 28.7 Å². The summed E-state index contributed by atoms with van der Waals surface area (Å²) in [5.41, 5.74) is 5.55. The minimum atomic E-state index is 0.0648. The zero-order valence-corrected chi connectivity index (χ0v) is 19.4. The molecule has 1 saturated heterocycles. The lowest BCUT2D eigenvalue weighted by Crippen LogP contribution is -2.48. The number of nitrogens with zero attached hydrogens (tertiary/aromatic N) is 7. The van der Waals surface area contributed by atoms with Crippen LogP contribution in [0.15, 0.2) is 48.9 Å². The Bertz CT molecular complexity index is 1300. The molecular weight excluding hydrogens is 414 g/mol. The number of aromatic nitrogens is 5. The van der Waals surface area contributed by atoms with Crippen LogP contribution in [-0.2, 0) is 20.1 Å². The van der Waals surface area contributed by atoms with Gasteiger partial charge in [-0.15, -0.1) is 0 Å². The number of fused-ring (bicyclic) bond motifs is 1. The maximum absolute atomic E-state index is 13.6. The molecule has 1 aliphatic heterocycles. The van der Waals surface area contributed by atoms with Crippen molar-refractivity contribution in [2.75, 3.05) is 26.2 Å². The van der Waals surface area contributed by atoms with Crippen LogP contribution in [0.1, 0.15) is 28.5 Å². The predicted molar refractivity (Wildman–Crippen MR) is 128 cm³/mol. The number of hydrogen-bond donors (Lipinski definition) is 0. The van der Waals surface area contributed by atoms with Gasteiger partial charge in [0.15, 0.2) is 0 Å². The smallest absolute Gasteiger partial charge is 0.254 e. The normalized spacial score (nSPS) is 14.8. The molecule has 33 heavy (non-hydrogen) atoms. The van der Waals surface area contributed by atoms with Gasteiger partial charge in [-0.05, 0) is 26.0 Å². The Morgan fingerprint density at radius 3 is 2.58 bits per heavy atom. The van der Waals surface area contributed by atoms with Crippen LogP contribution >= 0.6 is 0 Å². The molecule has 0 atom stereocenters. The molecule has 1 aliphatic rings. The van der Waals surface area contributed by atoms with Gasteiger partial charge in [-0.3, -0.25) is 19.1 Å². The second kappa shape index (κ2) is 8.78. The molecule has 4 aromatic rings. The van der Waals surface area contributed by atoms with Crippen molar-refractivity contribution < 1.29 is 4.79 Å². The highest BCUT2D eigenvalue weighted by Gasteiger charge is 2.25. The molecule has 1 amide bonds. The fourth-order valence-electron chi connectivity index (χ4n) is 4.49. The van der Waals surface area contributed by atoms with Crippen molar-refractivity contribution in [3.05, 3.63) is 65.7 Å². The summed E-state index contributed by atoms with van der Waals surface area (Å²) >= 11 is 0. The molecule has 5 rings (SSSR count). The van der Waals surface area contributed by atoms with E-state index in [2.05, 4.69) is 28.2 Å². The van der Waals surface area contributed by atoms with Crippen LogP contribution in [0.25, 0.3) is 22.2 Å². The molecule has 0 N–H and O–H groups in total. The summed E-state index contributed by atoms with van der Waals surface area (Å²) in [5, 5.41) is 9.71. The first-order valence-electron chi connectivity index (χ1n) is 11.4. The van der Waals surface area contributed by atoms with Crippen molar-refractivity contribution in [3.8, 4) is 11.3 Å². The van der Waals surface area contributed by atoms with Gasteiger partial charge in [0, 0.05) is 75.2 Å². The molecule has 0 saturated carbocycles. The van der Waals surface area contributed by atoms with Crippen LogP contribution in [-0.4, -0.2) is 66.4 Å². The SMILES string of the molecule is CCn1cc(-c2cc(C(=O)N3CCN(Cc4cn(C)nc4C)CC3)c3ccccc3n2)cn1. The third-order valence-corrected chi connectivity index (χ3v) is 6.37. The number of benzene rings is 1. The van der Waals surface area contributed by atoms with E-state index in [4.69, 9.17) is 4.98 Å². The van der Waals surface area contributed by atoms with Crippen molar-refractivity contribution in [1.82, 2.24) is 34.3 Å². The van der Waals surface area contributed by atoms with Gasteiger partial charge in [0.1, 0.15) is 0 Å². The van der Waals surface area contributed by atoms with Crippen molar-refractivity contribution in [2.24, 2.45) is 7.05 Å². The first kappa shape index (κ1) is 21.3. The topological polar surface area (TPSA) is 72.1 Å². The van der Waals surface area contributed by atoms with E-state index in [0.29, 0.717) is 18.7 Å². The summed E-state index contributed by atoms with van der Waals surface area (Å²) in [4.78, 5) is 22.8.